The van der Waals surface area contributed by atoms with Gasteiger partial charge in [-0.05, 0) is 17.7 Å². The van der Waals surface area contributed by atoms with Crippen LogP contribution in [0.4, 0.5) is 5.13 Å². The van der Waals surface area contributed by atoms with E-state index in [1.165, 1.54) is 11.5 Å². The number of hydrogen-bond acceptors (Lipinski definition) is 5. The number of nitrogens with zero attached hydrogens (tertiary/aromatic N) is 4. The molecule has 0 atom stereocenters. The molecule has 25 heavy (non-hydrogen) atoms. The van der Waals surface area contributed by atoms with Crippen LogP contribution in [0.1, 0.15) is 32.2 Å². The van der Waals surface area contributed by atoms with Gasteiger partial charge < -0.3 is 9.80 Å². The van der Waals surface area contributed by atoms with E-state index in [0.29, 0.717) is 6.42 Å². The summed E-state index contributed by atoms with van der Waals surface area (Å²) in [6.07, 6.45) is 0.705. The van der Waals surface area contributed by atoms with Crippen LogP contribution >= 0.6 is 23.1 Å². The van der Waals surface area contributed by atoms with Crippen LogP contribution in [0.2, 0.25) is 5.02 Å². The largest absolute Gasteiger partial charge is 0.343 e. The molecular weight excluding hydrogens is 356 g/mol. The predicted octanol–water partition coefficient (Wildman–Crippen LogP) is 3.48. The van der Waals surface area contributed by atoms with Gasteiger partial charge in [0.25, 0.3) is 0 Å². The van der Waals surface area contributed by atoms with E-state index in [9.17, 15) is 4.79 Å². The van der Waals surface area contributed by atoms with Gasteiger partial charge in [-0.15, -0.1) is 0 Å². The van der Waals surface area contributed by atoms with Gasteiger partial charge >= 0.3 is 0 Å². The van der Waals surface area contributed by atoms with Crippen LogP contribution in [-0.2, 0) is 11.2 Å². The lowest BCUT2D eigenvalue weighted by Crippen LogP contribution is -2.51. The van der Waals surface area contributed by atoms with Crippen molar-refractivity contribution in [2.24, 2.45) is 5.41 Å². The molecule has 0 bridgehead atoms. The maximum Gasteiger partial charge on any atom is 0.228 e. The molecular formula is C18H23ClN4OS. The van der Waals surface area contributed by atoms with Crippen molar-refractivity contribution in [3.8, 4) is 0 Å². The minimum Gasteiger partial charge on any atom is -0.343 e. The second-order valence-corrected chi connectivity index (χ2v) is 8.49. The van der Waals surface area contributed by atoms with Gasteiger partial charge in [0.2, 0.25) is 11.0 Å². The van der Waals surface area contributed by atoms with E-state index in [2.05, 4.69) is 14.3 Å². The highest BCUT2D eigenvalue weighted by Crippen LogP contribution is 2.23. The van der Waals surface area contributed by atoms with Crippen LogP contribution < -0.4 is 4.90 Å². The number of hydrogen-bond donors (Lipinski definition) is 0. The summed E-state index contributed by atoms with van der Waals surface area (Å²) in [6.45, 7) is 8.99. The molecule has 134 valence electrons. The Labute approximate surface area is 157 Å². The number of aromatic nitrogens is 2. The zero-order valence-electron chi connectivity index (χ0n) is 14.8. The number of halogens is 1. The van der Waals surface area contributed by atoms with Crippen molar-refractivity contribution in [3.63, 3.8) is 0 Å². The van der Waals surface area contributed by atoms with Gasteiger partial charge in [0.1, 0.15) is 5.82 Å². The van der Waals surface area contributed by atoms with Crippen molar-refractivity contribution >= 4 is 34.2 Å². The van der Waals surface area contributed by atoms with Gasteiger partial charge in [0, 0.05) is 54.6 Å². The summed E-state index contributed by atoms with van der Waals surface area (Å²) in [5.41, 5.74) is 0.825. The number of carbonyl (C=O) groups excluding carboxylic acids is 1. The third-order valence-electron chi connectivity index (χ3n) is 4.21. The van der Waals surface area contributed by atoms with Crippen LogP contribution in [0.15, 0.2) is 24.3 Å². The lowest BCUT2D eigenvalue weighted by Gasteiger charge is -2.37. The molecule has 2 aromatic rings. The van der Waals surface area contributed by atoms with Gasteiger partial charge in [-0.25, -0.2) is 4.98 Å². The van der Waals surface area contributed by atoms with Crippen molar-refractivity contribution in [2.45, 2.75) is 27.2 Å². The number of amides is 1. The monoisotopic (exact) mass is 378 g/mol. The van der Waals surface area contributed by atoms with Gasteiger partial charge in [-0.3, -0.25) is 4.79 Å². The Morgan fingerprint density at radius 2 is 1.80 bits per heavy atom. The van der Waals surface area contributed by atoms with Gasteiger partial charge in [-0.2, -0.15) is 4.37 Å². The van der Waals surface area contributed by atoms with E-state index in [0.717, 1.165) is 47.7 Å². The van der Waals surface area contributed by atoms with E-state index < -0.39 is 0 Å². The second kappa shape index (κ2) is 7.30. The van der Waals surface area contributed by atoms with Crippen LogP contribution in [-0.4, -0.2) is 46.3 Å². The van der Waals surface area contributed by atoms with E-state index in [1.54, 1.807) is 0 Å². The average molecular weight is 379 g/mol. The molecule has 1 fully saturated rings. The Morgan fingerprint density at radius 1 is 1.16 bits per heavy atom. The summed E-state index contributed by atoms with van der Waals surface area (Å²) >= 11 is 7.35. The topological polar surface area (TPSA) is 49.3 Å². The molecule has 1 aromatic carbocycles. The fourth-order valence-electron chi connectivity index (χ4n) is 2.80. The SMILES string of the molecule is CC(C)(C)C(=O)N1CCN(c2nc(Cc3ccc(Cl)cc3)ns2)CC1. The Kier molecular flexibility index (Phi) is 5.29. The first-order valence-corrected chi connectivity index (χ1v) is 9.59. The molecule has 1 saturated heterocycles. The maximum absolute atomic E-state index is 12.4. The van der Waals surface area contributed by atoms with Gasteiger partial charge in [0.05, 0.1) is 0 Å². The molecule has 0 spiro atoms. The molecule has 0 saturated carbocycles. The highest BCUT2D eigenvalue weighted by atomic mass is 35.5. The van der Waals surface area contributed by atoms with E-state index in [4.69, 9.17) is 11.6 Å². The van der Waals surface area contributed by atoms with Gasteiger partial charge in [-0.1, -0.05) is 44.5 Å². The molecule has 5 nitrogen and oxygen atoms in total. The quantitative estimate of drug-likeness (QED) is 0.820. The molecule has 1 aliphatic heterocycles. The fourth-order valence-corrected chi connectivity index (χ4v) is 3.67. The lowest BCUT2D eigenvalue weighted by atomic mass is 9.94. The number of rotatable bonds is 3. The Hall–Kier alpha value is -1.66. The molecule has 2 heterocycles. The predicted molar refractivity (Wildman–Crippen MR) is 102 cm³/mol. The molecule has 0 radical (unpaired) electrons. The van der Waals surface area contributed by atoms with Gasteiger partial charge in [0.15, 0.2) is 0 Å². The Balaban J connectivity index is 1.58. The van der Waals surface area contributed by atoms with Crippen LogP contribution in [0.3, 0.4) is 0 Å². The smallest absolute Gasteiger partial charge is 0.228 e. The summed E-state index contributed by atoms with van der Waals surface area (Å²) < 4.78 is 4.48. The molecule has 1 aromatic heterocycles. The first-order valence-electron chi connectivity index (χ1n) is 8.44. The summed E-state index contributed by atoms with van der Waals surface area (Å²) in [5.74, 6) is 1.04. The number of anilines is 1. The summed E-state index contributed by atoms with van der Waals surface area (Å²) in [7, 11) is 0. The normalized spacial score (nSPS) is 15.5. The Morgan fingerprint density at radius 3 is 2.40 bits per heavy atom. The summed E-state index contributed by atoms with van der Waals surface area (Å²) in [4.78, 5) is 21.2. The highest BCUT2D eigenvalue weighted by molar-refractivity contribution is 7.09. The Bertz CT molecular complexity index is 730. The van der Waals surface area contributed by atoms with E-state index >= 15 is 0 Å². The second-order valence-electron chi connectivity index (χ2n) is 7.33. The maximum atomic E-state index is 12.4. The van der Waals surface area contributed by atoms with Crippen LogP contribution in [0.25, 0.3) is 0 Å². The summed E-state index contributed by atoms with van der Waals surface area (Å²) in [6, 6.07) is 7.77. The standard InChI is InChI=1S/C18H23ClN4OS/c1-18(2,3)16(24)22-8-10-23(11-9-22)17-20-15(21-25-17)12-13-4-6-14(19)7-5-13/h4-7H,8-12H2,1-3H3. The molecule has 0 N–H and O–H groups in total. The first kappa shape index (κ1) is 18.1. The first-order chi connectivity index (χ1) is 11.8. The van der Waals surface area contributed by atoms with Crippen molar-refractivity contribution in [3.05, 3.63) is 40.7 Å². The fraction of sp³-hybridized carbons (Fsp3) is 0.500. The highest BCUT2D eigenvalue weighted by Gasteiger charge is 2.30. The third-order valence-corrected chi connectivity index (χ3v) is 5.28. The van der Waals surface area contributed by atoms with Crippen molar-refractivity contribution in [2.75, 3.05) is 31.1 Å². The zero-order valence-corrected chi connectivity index (χ0v) is 16.4. The molecule has 0 aliphatic carbocycles. The lowest BCUT2D eigenvalue weighted by molar-refractivity contribution is -0.139. The van der Waals surface area contributed by atoms with Crippen molar-refractivity contribution in [1.82, 2.24) is 14.3 Å². The number of piperazine rings is 1. The average Bonchev–Trinajstić information content (AvgIpc) is 3.04. The molecule has 0 unspecified atom stereocenters. The number of benzene rings is 1. The minimum atomic E-state index is -0.323. The molecule has 1 amide bonds. The minimum absolute atomic E-state index is 0.216. The third kappa shape index (κ3) is 4.50. The van der Waals surface area contributed by atoms with Crippen molar-refractivity contribution < 1.29 is 4.79 Å². The van der Waals surface area contributed by atoms with E-state index in [1.807, 2.05) is 49.9 Å². The van der Waals surface area contributed by atoms with E-state index in [-0.39, 0.29) is 11.3 Å². The number of carbonyl (C=O) groups is 1. The zero-order chi connectivity index (χ0) is 18.0. The molecule has 1 aliphatic rings. The summed E-state index contributed by atoms with van der Waals surface area (Å²) in [5, 5.41) is 1.67. The van der Waals surface area contributed by atoms with Crippen LogP contribution in [0, 0.1) is 5.41 Å². The molecule has 3 rings (SSSR count). The molecule has 7 heteroatoms. The van der Waals surface area contributed by atoms with Crippen molar-refractivity contribution in [1.29, 1.82) is 0 Å². The van der Waals surface area contributed by atoms with Crippen LogP contribution in [0.5, 0.6) is 0 Å².